The zero-order valence-electron chi connectivity index (χ0n) is 18.1. The topological polar surface area (TPSA) is 107 Å². The molecule has 2 amide bonds. The number of carbonyl (C=O) groups excluding carboxylic acids is 2. The Morgan fingerprint density at radius 3 is 2.42 bits per heavy atom. The lowest BCUT2D eigenvalue weighted by Crippen LogP contribution is -2.34. The molecule has 2 rings (SSSR count). The largest absolute Gasteiger partial charge is 0.493 e. The Morgan fingerprint density at radius 2 is 1.74 bits per heavy atom. The van der Waals surface area contributed by atoms with E-state index in [2.05, 4.69) is 15.8 Å². The lowest BCUT2D eigenvalue weighted by molar-refractivity contribution is -0.120. The first-order valence-corrected chi connectivity index (χ1v) is 9.65. The Bertz CT molecular complexity index is 929. The average Bonchev–Trinajstić information content (AvgIpc) is 2.80. The Hall–Kier alpha value is -3.75. The number of ether oxygens (including phenoxy) is 4. The Labute approximate surface area is 181 Å². The summed E-state index contributed by atoms with van der Waals surface area (Å²) >= 11 is 0. The van der Waals surface area contributed by atoms with Gasteiger partial charge >= 0.3 is 0 Å². The smallest absolute Gasteiger partial charge is 0.259 e. The highest BCUT2D eigenvalue weighted by molar-refractivity contribution is 5.97. The fourth-order valence-corrected chi connectivity index (χ4v) is 2.61. The van der Waals surface area contributed by atoms with Crippen LogP contribution in [0.2, 0.25) is 0 Å². The summed E-state index contributed by atoms with van der Waals surface area (Å²) in [7, 11) is 4.54. The van der Waals surface area contributed by atoms with Crippen molar-refractivity contribution in [3.8, 4) is 23.0 Å². The molecule has 0 aliphatic rings. The monoisotopic (exact) mass is 429 g/mol. The number of methoxy groups -OCH3 is 3. The van der Waals surface area contributed by atoms with Gasteiger partial charge in [0.05, 0.1) is 40.7 Å². The van der Waals surface area contributed by atoms with E-state index in [4.69, 9.17) is 18.9 Å². The molecule has 0 fully saturated rings. The summed E-state index contributed by atoms with van der Waals surface area (Å²) in [6.07, 6.45) is 2.30. The summed E-state index contributed by atoms with van der Waals surface area (Å²) in [6, 6.07) is 10.1. The molecule has 0 aliphatic carbocycles. The molecule has 0 spiro atoms. The highest BCUT2D eigenvalue weighted by Gasteiger charge is 2.12. The molecule has 166 valence electrons. The lowest BCUT2D eigenvalue weighted by atomic mass is 10.2. The van der Waals surface area contributed by atoms with Gasteiger partial charge in [0.1, 0.15) is 0 Å². The molecule has 0 heterocycles. The van der Waals surface area contributed by atoms with E-state index in [1.807, 2.05) is 6.92 Å². The van der Waals surface area contributed by atoms with Gasteiger partial charge in [0.15, 0.2) is 23.0 Å². The number of benzene rings is 2. The fraction of sp³-hybridized carbons (Fsp3) is 0.318. The SMILES string of the molecule is CCCOc1c(/C=N/NC(=O)CNC(=O)c2ccc(OC)c(OC)c2)cccc1OC. The summed E-state index contributed by atoms with van der Waals surface area (Å²) < 4.78 is 21.4. The summed E-state index contributed by atoms with van der Waals surface area (Å²) in [5.41, 5.74) is 3.37. The molecule has 0 atom stereocenters. The van der Waals surface area contributed by atoms with Crippen LogP contribution in [0.3, 0.4) is 0 Å². The molecule has 0 aliphatic heterocycles. The number of hydrogen-bond acceptors (Lipinski definition) is 7. The number of hydrogen-bond donors (Lipinski definition) is 2. The van der Waals surface area contributed by atoms with Crippen LogP contribution in [0.25, 0.3) is 0 Å². The third-order valence-electron chi connectivity index (χ3n) is 4.13. The highest BCUT2D eigenvalue weighted by Crippen LogP contribution is 2.30. The molecule has 0 saturated heterocycles. The Morgan fingerprint density at radius 1 is 1.00 bits per heavy atom. The quantitative estimate of drug-likeness (QED) is 0.420. The molecule has 0 bridgehead atoms. The van der Waals surface area contributed by atoms with Crippen molar-refractivity contribution < 1.29 is 28.5 Å². The molecule has 9 heteroatoms. The second kappa shape index (κ2) is 12.1. The van der Waals surface area contributed by atoms with Gasteiger partial charge < -0.3 is 24.3 Å². The van der Waals surface area contributed by atoms with Crippen LogP contribution in [0.15, 0.2) is 41.5 Å². The van der Waals surface area contributed by atoms with Crippen LogP contribution in [0.1, 0.15) is 29.3 Å². The number of carbonyl (C=O) groups is 2. The zero-order valence-corrected chi connectivity index (χ0v) is 18.1. The van der Waals surface area contributed by atoms with Crippen molar-refractivity contribution in [3.63, 3.8) is 0 Å². The number of amides is 2. The number of hydrazone groups is 1. The Balaban J connectivity index is 1.94. The number of rotatable bonds is 11. The molecule has 0 radical (unpaired) electrons. The van der Waals surface area contributed by atoms with E-state index in [1.165, 1.54) is 26.5 Å². The van der Waals surface area contributed by atoms with Crippen molar-refractivity contribution >= 4 is 18.0 Å². The second-order valence-corrected chi connectivity index (χ2v) is 6.27. The van der Waals surface area contributed by atoms with E-state index in [-0.39, 0.29) is 6.54 Å². The third-order valence-corrected chi connectivity index (χ3v) is 4.13. The normalized spacial score (nSPS) is 10.5. The van der Waals surface area contributed by atoms with E-state index >= 15 is 0 Å². The minimum Gasteiger partial charge on any atom is -0.493 e. The van der Waals surface area contributed by atoms with Gasteiger partial charge in [-0.15, -0.1) is 0 Å². The molecular weight excluding hydrogens is 402 g/mol. The van der Waals surface area contributed by atoms with E-state index in [0.717, 1.165) is 6.42 Å². The summed E-state index contributed by atoms with van der Waals surface area (Å²) in [4.78, 5) is 24.3. The first-order chi connectivity index (χ1) is 15.0. The average molecular weight is 429 g/mol. The summed E-state index contributed by atoms with van der Waals surface area (Å²) in [6.45, 7) is 2.28. The molecule has 9 nitrogen and oxygen atoms in total. The second-order valence-electron chi connectivity index (χ2n) is 6.27. The highest BCUT2D eigenvalue weighted by atomic mass is 16.5. The van der Waals surface area contributed by atoms with E-state index in [9.17, 15) is 9.59 Å². The first-order valence-electron chi connectivity index (χ1n) is 9.65. The van der Waals surface area contributed by atoms with Crippen molar-refractivity contribution in [2.75, 3.05) is 34.5 Å². The van der Waals surface area contributed by atoms with Crippen molar-refractivity contribution in [1.29, 1.82) is 0 Å². The minimum absolute atomic E-state index is 0.248. The summed E-state index contributed by atoms with van der Waals surface area (Å²) in [5.74, 6) is 1.14. The number of nitrogens with one attached hydrogen (secondary N) is 2. The van der Waals surface area contributed by atoms with Crippen molar-refractivity contribution in [2.45, 2.75) is 13.3 Å². The van der Waals surface area contributed by atoms with Gasteiger partial charge in [0, 0.05) is 11.1 Å². The summed E-state index contributed by atoms with van der Waals surface area (Å²) in [5, 5.41) is 6.47. The maximum atomic E-state index is 12.3. The maximum absolute atomic E-state index is 12.3. The number of nitrogens with zero attached hydrogens (tertiary/aromatic N) is 1. The standard InChI is InChI=1S/C22H27N3O6/c1-5-11-31-21-16(7-6-8-18(21)29-3)13-24-25-20(26)14-23-22(27)15-9-10-17(28-2)19(12-15)30-4/h6-10,12-13H,5,11,14H2,1-4H3,(H,23,27)(H,25,26)/b24-13+. The van der Waals surface area contributed by atoms with Crippen LogP contribution in [0.4, 0.5) is 0 Å². The predicted octanol–water partition coefficient (Wildman–Crippen LogP) is 2.38. The maximum Gasteiger partial charge on any atom is 0.259 e. The molecule has 2 N–H and O–H groups in total. The molecule has 0 saturated carbocycles. The molecule has 2 aromatic carbocycles. The van der Waals surface area contributed by atoms with Crippen molar-refractivity contribution in [3.05, 3.63) is 47.5 Å². The van der Waals surface area contributed by atoms with Gasteiger partial charge in [-0.3, -0.25) is 9.59 Å². The van der Waals surface area contributed by atoms with Gasteiger partial charge in [-0.05, 0) is 36.8 Å². The third kappa shape index (κ3) is 6.63. The predicted molar refractivity (Wildman–Crippen MR) is 116 cm³/mol. The van der Waals surface area contributed by atoms with Crippen LogP contribution in [-0.4, -0.2) is 52.5 Å². The van der Waals surface area contributed by atoms with E-state index < -0.39 is 11.8 Å². The van der Waals surface area contributed by atoms with E-state index in [0.29, 0.717) is 40.7 Å². The van der Waals surface area contributed by atoms with Gasteiger partial charge in [0.25, 0.3) is 11.8 Å². The van der Waals surface area contributed by atoms with Crippen LogP contribution >= 0.6 is 0 Å². The van der Waals surface area contributed by atoms with Gasteiger partial charge in [-0.25, -0.2) is 5.43 Å². The Kier molecular flexibility index (Phi) is 9.15. The van der Waals surface area contributed by atoms with Gasteiger partial charge in [-0.1, -0.05) is 13.0 Å². The first kappa shape index (κ1) is 23.5. The lowest BCUT2D eigenvalue weighted by Gasteiger charge is -2.12. The van der Waals surface area contributed by atoms with Crippen LogP contribution in [-0.2, 0) is 4.79 Å². The molecular formula is C22H27N3O6. The van der Waals surface area contributed by atoms with Crippen LogP contribution in [0.5, 0.6) is 23.0 Å². The molecule has 31 heavy (non-hydrogen) atoms. The molecule has 0 aromatic heterocycles. The van der Waals surface area contributed by atoms with Crippen molar-refractivity contribution in [2.24, 2.45) is 5.10 Å². The number of para-hydroxylation sites is 1. The zero-order chi connectivity index (χ0) is 22.6. The van der Waals surface area contributed by atoms with E-state index in [1.54, 1.807) is 37.4 Å². The van der Waals surface area contributed by atoms with Gasteiger partial charge in [-0.2, -0.15) is 5.10 Å². The van der Waals surface area contributed by atoms with Crippen LogP contribution in [0, 0.1) is 0 Å². The molecule has 0 unspecified atom stereocenters. The minimum atomic E-state index is -0.482. The molecule has 2 aromatic rings. The van der Waals surface area contributed by atoms with Crippen molar-refractivity contribution in [1.82, 2.24) is 10.7 Å². The fourth-order valence-electron chi connectivity index (χ4n) is 2.61. The van der Waals surface area contributed by atoms with Crippen LogP contribution < -0.4 is 29.7 Å². The van der Waals surface area contributed by atoms with Gasteiger partial charge in [0.2, 0.25) is 0 Å².